The molecule has 0 spiro atoms. The predicted octanol–water partition coefficient (Wildman–Crippen LogP) is 6.02. The number of sulfonamides is 1. The summed E-state index contributed by atoms with van der Waals surface area (Å²) in [7, 11) is -4.10. The first kappa shape index (κ1) is 24.5. The number of fused-ring (bicyclic) bond motifs is 5. The Hall–Kier alpha value is -3.84. The number of carbonyl (C=O) groups excluding carboxylic acids is 1. The van der Waals surface area contributed by atoms with Crippen molar-refractivity contribution in [2.24, 2.45) is 5.92 Å². The van der Waals surface area contributed by atoms with Gasteiger partial charge in [0, 0.05) is 22.5 Å². The Kier molecular flexibility index (Phi) is 6.11. The lowest BCUT2D eigenvalue weighted by atomic mass is 9.71. The summed E-state index contributed by atoms with van der Waals surface area (Å²) >= 11 is 0. The number of nitrogens with zero attached hydrogens (tertiary/aromatic N) is 1. The van der Waals surface area contributed by atoms with Crippen molar-refractivity contribution in [3.8, 4) is 0 Å². The minimum atomic E-state index is -4.10. The van der Waals surface area contributed by atoms with Gasteiger partial charge in [0.2, 0.25) is 0 Å². The lowest BCUT2D eigenvalue weighted by Crippen LogP contribution is -2.47. The number of nitrogens with one attached hydrogen (secondary N) is 1. The molecule has 1 aliphatic carbocycles. The van der Waals surface area contributed by atoms with E-state index in [1.54, 1.807) is 31.2 Å². The molecule has 0 saturated heterocycles. The molecule has 1 N–H and O–H groups in total. The predicted molar refractivity (Wildman–Crippen MR) is 147 cm³/mol. The average Bonchev–Trinajstić information content (AvgIpc) is 3.32. The van der Waals surface area contributed by atoms with Crippen molar-refractivity contribution in [3.63, 3.8) is 0 Å². The number of para-hydroxylation sites is 1. The molecule has 4 aromatic rings. The van der Waals surface area contributed by atoms with E-state index in [-0.39, 0.29) is 29.0 Å². The molecular formula is C31H30N2O4S. The van der Waals surface area contributed by atoms with Gasteiger partial charge in [0.25, 0.3) is 10.0 Å². The van der Waals surface area contributed by atoms with Crippen LogP contribution in [0, 0.1) is 12.8 Å². The largest absolute Gasteiger partial charge is 0.461 e. The molecule has 6 nitrogen and oxygen atoms in total. The molecule has 3 aromatic carbocycles. The molecule has 194 valence electrons. The number of allylic oxidation sites excluding steroid dienone is 1. The molecule has 6 rings (SSSR count). The highest BCUT2D eigenvalue weighted by Crippen LogP contribution is 2.53. The molecule has 1 aromatic heterocycles. The fourth-order valence-electron chi connectivity index (χ4n) is 6.09. The third-order valence-electron chi connectivity index (χ3n) is 7.81. The Bertz CT molecular complexity index is 1640. The molecule has 3 atom stereocenters. The number of hydrogen-bond acceptors (Lipinski definition) is 4. The molecule has 2 aliphatic rings. The van der Waals surface area contributed by atoms with Crippen molar-refractivity contribution in [1.29, 1.82) is 0 Å². The van der Waals surface area contributed by atoms with E-state index in [2.05, 4.69) is 11.1 Å². The lowest BCUT2D eigenvalue weighted by molar-refractivity contribution is -0.140. The SMILES string of the molecule is CCOC(=O)C1=C[C@H](c2ccccc2)[C@H]2CCc3c([nH]c4ccccc34)[C@H]2N1S(=O)(=O)c1ccc(C)cc1. The highest BCUT2D eigenvalue weighted by molar-refractivity contribution is 7.89. The van der Waals surface area contributed by atoms with E-state index >= 15 is 0 Å². The number of aromatic amines is 1. The lowest BCUT2D eigenvalue weighted by Gasteiger charge is -2.46. The van der Waals surface area contributed by atoms with Crippen molar-refractivity contribution in [2.45, 2.75) is 43.5 Å². The Morgan fingerprint density at radius 1 is 1.00 bits per heavy atom. The van der Waals surface area contributed by atoms with Gasteiger partial charge in [-0.25, -0.2) is 17.5 Å². The van der Waals surface area contributed by atoms with E-state index in [1.807, 2.05) is 61.5 Å². The summed E-state index contributed by atoms with van der Waals surface area (Å²) in [6, 6.07) is 24.3. The van der Waals surface area contributed by atoms with Crippen molar-refractivity contribution in [1.82, 2.24) is 9.29 Å². The molecule has 0 fully saturated rings. The van der Waals surface area contributed by atoms with Gasteiger partial charge in [0.1, 0.15) is 5.70 Å². The zero-order chi connectivity index (χ0) is 26.4. The second-order valence-electron chi connectivity index (χ2n) is 10.0. The second-order valence-corrected chi connectivity index (χ2v) is 11.8. The minimum absolute atomic E-state index is 0.0639. The Morgan fingerprint density at radius 2 is 1.71 bits per heavy atom. The van der Waals surface area contributed by atoms with Gasteiger partial charge in [-0.05, 0) is 68.0 Å². The number of aromatic nitrogens is 1. The molecule has 38 heavy (non-hydrogen) atoms. The number of aryl methyl sites for hydroxylation is 2. The summed E-state index contributed by atoms with van der Waals surface area (Å²) in [4.78, 5) is 17.2. The van der Waals surface area contributed by atoms with Crippen LogP contribution in [0.3, 0.4) is 0 Å². The molecule has 0 unspecified atom stereocenters. The van der Waals surface area contributed by atoms with Crippen LogP contribution in [0.25, 0.3) is 10.9 Å². The van der Waals surface area contributed by atoms with Gasteiger partial charge < -0.3 is 9.72 Å². The average molecular weight is 527 g/mol. The van der Waals surface area contributed by atoms with Gasteiger partial charge in [0.15, 0.2) is 0 Å². The third kappa shape index (κ3) is 3.93. The maximum absolute atomic E-state index is 14.4. The maximum Gasteiger partial charge on any atom is 0.355 e. The third-order valence-corrected chi connectivity index (χ3v) is 9.62. The van der Waals surface area contributed by atoms with Crippen LogP contribution in [0.2, 0.25) is 0 Å². The van der Waals surface area contributed by atoms with Crippen molar-refractivity contribution in [3.05, 3.63) is 113 Å². The van der Waals surface area contributed by atoms with E-state index in [9.17, 15) is 13.2 Å². The monoisotopic (exact) mass is 526 g/mol. The number of esters is 1. The van der Waals surface area contributed by atoms with Crippen LogP contribution >= 0.6 is 0 Å². The van der Waals surface area contributed by atoms with Crippen molar-refractivity contribution in [2.75, 3.05) is 6.61 Å². The van der Waals surface area contributed by atoms with E-state index < -0.39 is 22.0 Å². The summed E-state index contributed by atoms with van der Waals surface area (Å²) in [5.41, 5.74) is 5.01. The first-order valence-corrected chi connectivity index (χ1v) is 14.5. The number of H-pyrrole nitrogens is 1. The van der Waals surface area contributed by atoms with Gasteiger partial charge >= 0.3 is 5.97 Å². The quantitative estimate of drug-likeness (QED) is 0.323. The van der Waals surface area contributed by atoms with Gasteiger partial charge in [-0.1, -0.05) is 66.2 Å². The van der Waals surface area contributed by atoms with Crippen molar-refractivity contribution >= 4 is 26.9 Å². The summed E-state index contributed by atoms with van der Waals surface area (Å²) in [5, 5.41) is 1.09. The van der Waals surface area contributed by atoms with Crippen molar-refractivity contribution < 1.29 is 17.9 Å². The van der Waals surface area contributed by atoms with Gasteiger partial charge in [-0.15, -0.1) is 0 Å². The summed E-state index contributed by atoms with van der Waals surface area (Å²) in [5.74, 6) is -0.855. The number of benzene rings is 3. The molecule has 2 heterocycles. The van der Waals surface area contributed by atoms with Gasteiger partial charge in [0.05, 0.1) is 17.5 Å². The summed E-state index contributed by atoms with van der Waals surface area (Å²) < 4.78 is 35.6. The number of rotatable bonds is 5. The van der Waals surface area contributed by atoms with E-state index in [4.69, 9.17) is 4.74 Å². The highest BCUT2D eigenvalue weighted by atomic mass is 32.2. The van der Waals surface area contributed by atoms with Crippen LogP contribution < -0.4 is 0 Å². The topological polar surface area (TPSA) is 79.5 Å². The highest BCUT2D eigenvalue weighted by Gasteiger charge is 2.50. The van der Waals surface area contributed by atoms with Crippen LogP contribution in [-0.4, -0.2) is 30.3 Å². The van der Waals surface area contributed by atoms with Gasteiger partial charge in [-0.3, -0.25) is 0 Å². The molecule has 0 amide bonds. The molecule has 1 aliphatic heterocycles. The maximum atomic E-state index is 14.4. The van der Waals surface area contributed by atoms with Gasteiger partial charge in [-0.2, -0.15) is 0 Å². The van der Waals surface area contributed by atoms with Crippen LogP contribution in [0.1, 0.15) is 47.7 Å². The molecule has 0 radical (unpaired) electrons. The minimum Gasteiger partial charge on any atom is -0.461 e. The van der Waals surface area contributed by atoms with Crippen LogP contribution in [0.5, 0.6) is 0 Å². The zero-order valence-corrected chi connectivity index (χ0v) is 22.2. The smallest absolute Gasteiger partial charge is 0.355 e. The molecule has 7 heteroatoms. The van der Waals surface area contributed by atoms with Crippen LogP contribution in [0.4, 0.5) is 0 Å². The van der Waals surface area contributed by atoms with Crippen LogP contribution in [-0.2, 0) is 26.0 Å². The summed E-state index contributed by atoms with van der Waals surface area (Å²) in [6.07, 6.45) is 3.42. The summed E-state index contributed by atoms with van der Waals surface area (Å²) in [6.45, 7) is 3.80. The molecular weight excluding hydrogens is 496 g/mol. The fourth-order valence-corrected chi connectivity index (χ4v) is 7.76. The molecule has 0 bridgehead atoms. The Morgan fingerprint density at radius 3 is 2.45 bits per heavy atom. The fraction of sp³-hybridized carbons (Fsp3) is 0.258. The first-order valence-electron chi connectivity index (χ1n) is 13.0. The number of carbonyl (C=O) groups is 1. The zero-order valence-electron chi connectivity index (χ0n) is 21.4. The van der Waals surface area contributed by atoms with Crippen LogP contribution in [0.15, 0.2) is 95.5 Å². The van der Waals surface area contributed by atoms with E-state index in [0.29, 0.717) is 0 Å². The van der Waals surface area contributed by atoms with E-state index in [1.165, 1.54) is 4.31 Å². The van der Waals surface area contributed by atoms with E-state index in [0.717, 1.165) is 46.1 Å². The number of ether oxygens (including phenoxy) is 1. The second kappa shape index (κ2) is 9.48. The Labute approximate surface area is 223 Å². The standard InChI is InChI=1S/C31H30N2O4S/c1-3-37-31(34)28-19-26(21-9-5-4-6-10-21)25-18-17-24-23-11-7-8-12-27(23)32-29(24)30(25)33(28)38(35,36)22-15-13-20(2)14-16-22/h4-16,19,25-26,30,32H,3,17-18H2,1-2H3/t25-,26-,30+/m1/s1. The molecule has 0 saturated carbocycles. The Balaban J connectivity index is 1.63. The normalized spacial score (nSPS) is 20.9. The number of hydrogen-bond donors (Lipinski definition) is 1. The first-order chi connectivity index (χ1) is 18.4.